The molecule has 0 aliphatic heterocycles. The molecule has 0 amide bonds. The van der Waals surface area contributed by atoms with E-state index in [2.05, 4.69) is 72.8 Å². The van der Waals surface area contributed by atoms with Crippen LogP contribution < -0.4 is 0 Å². The molecule has 0 fully saturated rings. The molecule has 0 aromatic heterocycles. The van der Waals surface area contributed by atoms with E-state index in [9.17, 15) is 10.2 Å². The summed E-state index contributed by atoms with van der Waals surface area (Å²) in [5.74, 6) is 0.687. The summed E-state index contributed by atoms with van der Waals surface area (Å²) in [6.07, 6.45) is 7.72. The molecule has 0 saturated heterocycles. The van der Waals surface area contributed by atoms with Crippen LogP contribution in [0.25, 0.3) is 44.5 Å². The zero-order valence-electron chi connectivity index (χ0n) is 25.7. The van der Waals surface area contributed by atoms with Gasteiger partial charge in [-0.2, -0.15) is 0 Å². The number of phenols is 2. The van der Waals surface area contributed by atoms with E-state index >= 15 is 0 Å². The van der Waals surface area contributed by atoms with Crippen LogP contribution in [-0.2, 0) is 12.8 Å². The molecule has 6 aromatic carbocycles. The first kappa shape index (κ1) is 30.0. The average Bonchev–Trinajstić information content (AvgIpc) is 3.10. The van der Waals surface area contributed by atoms with Crippen molar-refractivity contribution in [3.63, 3.8) is 0 Å². The molecular formula is C43H40O2. The largest absolute Gasteiger partial charge is 0.507 e. The maximum atomic E-state index is 11.2. The second-order valence-corrected chi connectivity index (χ2v) is 11.8. The summed E-state index contributed by atoms with van der Waals surface area (Å²) in [4.78, 5) is 0. The molecule has 0 radical (unpaired) electrons. The molecule has 0 unspecified atom stereocenters. The molecule has 2 nitrogen and oxygen atoms in total. The number of phenolic OH excluding ortho intramolecular Hbond substituents is 2. The number of benzene rings is 6. The maximum absolute atomic E-state index is 11.2. The first-order chi connectivity index (χ1) is 22.2. The Morgan fingerprint density at radius 3 is 0.822 bits per heavy atom. The summed E-state index contributed by atoms with van der Waals surface area (Å²) < 4.78 is 0. The van der Waals surface area contributed by atoms with Gasteiger partial charge in [0, 0.05) is 22.3 Å². The van der Waals surface area contributed by atoms with Gasteiger partial charge in [0.25, 0.3) is 0 Å². The van der Waals surface area contributed by atoms with Crippen molar-refractivity contribution in [1.29, 1.82) is 0 Å². The minimum Gasteiger partial charge on any atom is -0.507 e. The van der Waals surface area contributed by atoms with Crippen molar-refractivity contribution < 1.29 is 10.2 Å². The fourth-order valence-corrected chi connectivity index (χ4v) is 6.22. The average molecular weight is 589 g/mol. The van der Waals surface area contributed by atoms with Crippen LogP contribution >= 0.6 is 0 Å². The van der Waals surface area contributed by atoms with Crippen LogP contribution in [0.1, 0.15) is 43.2 Å². The van der Waals surface area contributed by atoms with E-state index in [0.717, 1.165) is 70.2 Å². The van der Waals surface area contributed by atoms with E-state index in [1.165, 1.54) is 30.4 Å². The molecule has 0 heterocycles. The first-order valence-corrected chi connectivity index (χ1v) is 16.1. The van der Waals surface area contributed by atoms with Gasteiger partial charge >= 0.3 is 0 Å². The van der Waals surface area contributed by atoms with Crippen molar-refractivity contribution in [1.82, 2.24) is 0 Å². The molecule has 6 rings (SSSR count). The number of unbranched alkanes of at least 4 members (excludes halogenated alkanes) is 4. The Balaban J connectivity index is 1.09. The lowest BCUT2D eigenvalue weighted by Crippen LogP contribution is -1.93. The van der Waals surface area contributed by atoms with Gasteiger partial charge in [-0.3, -0.25) is 0 Å². The van der Waals surface area contributed by atoms with Gasteiger partial charge < -0.3 is 10.2 Å². The van der Waals surface area contributed by atoms with Crippen molar-refractivity contribution >= 4 is 0 Å². The van der Waals surface area contributed by atoms with Crippen LogP contribution in [-0.4, -0.2) is 10.2 Å². The third-order valence-corrected chi connectivity index (χ3v) is 8.61. The van der Waals surface area contributed by atoms with Crippen molar-refractivity contribution in [2.75, 3.05) is 0 Å². The lowest BCUT2D eigenvalue weighted by Gasteiger charge is -2.14. The van der Waals surface area contributed by atoms with Crippen LogP contribution in [0.2, 0.25) is 0 Å². The lowest BCUT2D eigenvalue weighted by atomic mass is 9.92. The number of aryl methyl sites for hydroxylation is 2. The third kappa shape index (κ3) is 7.36. The highest BCUT2D eigenvalue weighted by atomic mass is 16.3. The van der Waals surface area contributed by atoms with E-state index in [0.29, 0.717) is 11.5 Å². The fourth-order valence-electron chi connectivity index (χ4n) is 6.22. The Bertz CT molecular complexity index is 1550. The molecule has 0 saturated carbocycles. The molecule has 0 spiro atoms. The van der Waals surface area contributed by atoms with Gasteiger partial charge in [0.05, 0.1) is 0 Å². The summed E-state index contributed by atoms with van der Waals surface area (Å²) in [6, 6.07) is 49.4. The zero-order chi connectivity index (χ0) is 30.8. The van der Waals surface area contributed by atoms with Gasteiger partial charge in [-0.1, -0.05) is 141 Å². The monoisotopic (exact) mass is 588 g/mol. The molecular weight excluding hydrogens is 548 g/mol. The van der Waals surface area contributed by atoms with Crippen molar-refractivity contribution in [3.05, 3.63) is 157 Å². The highest BCUT2D eigenvalue weighted by Crippen LogP contribution is 2.41. The summed E-state index contributed by atoms with van der Waals surface area (Å²) in [5.41, 5.74) is 10.2. The number of hydrogen-bond donors (Lipinski definition) is 2. The summed E-state index contributed by atoms with van der Waals surface area (Å²) in [7, 11) is 0. The Morgan fingerprint density at radius 2 is 0.556 bits per heavy atom. The summed E-state index contributed by atoms with van der Waals surface area (Å²) >= 11 is 0. The summed E-state index contributed by atoms with van der Waals surface area (Å²) in [5, 5.41) is 22.5. The minimum absolute atomic E-state index is 0.344. The standard InChI is InChI=1S/C43H40O2/c44-42-38(34-20-10-4-11-21-34)28-32(29-39(42)35-22-12-5-13-23-35)18-8-2-1-3-9-19-33-30-40(36-24-14-6-15-25-36)43(45)41(31-33)37-26-16-7-17-27-37/h4-7,10-17,20-31,44-45H,1-3,8-9,18-19H2. The van der Waals surface area contributed by atoms with Gasteiger partial charge in [-0.15, -0.1) is 0 Å². The molecule has 0 aliphatic rings. The third-order valence-electron chi connectivity index (χ3n) is 8.61. The lowest BCUT2D eigenvalue weighted by molar-refractivity contribution is 0.478. The molecule has 2 N–H and O–H groups in total. The van der Waals surface area contributed by atoms with Crippen LogP contribution in [0.5, 0.6) is 11.5 Å². The highest BCUT2D eigenvalue weighted by Gasteiger charge is 2.15. The Kier molecular flexibility index (Phi) is 9.72. The van der Waals surface area contributed by atoms with E-state index in [1.54, 1.807) is 0 Å². The Hall–Kier alpha value is -5.08. The van der Waals surface area contributed by atoms with E-state index in [-0.39, 0.29) is 0 Å². The Morgan fingerprint density at radius 1 is 0.311 bits per heavy atom. The molecule has 0 bridgehead atoms. The molecule has 45 heavy (non-hydrogen) atoms. The first-order valence-electron chi connectivity index (χ1n) is 16.1. The predicted octanol–water partition coefficient (Wildman–Crippen LogP) is 11.5. The van der Waals surface area contributed by atoms with E-state index in [4.69, 9.17) is 0 Å². The van der Waals surface area contributed by atoms with Crippen LogP contribution in [0, 0.1) is 0 Å². The molecule has 224 valence electrons. The smallest absolute Gasteiger partial charge is 0.131 e. The second kappa shape index (κ2) is 14.6. The van der Waals surface area contributed by atoms with Crippen LogP contribution in [0.3, 0.4) is 0 Å². The van der Waals surface area contributed by atoms with Crippen molar-refractivity contribution in [3.8, 4) is 56.0 Å². The van der Waals surface area contributed by atoms with Gasteiger partial charge in [-0.05, 0) is 83.3 Å². The zero-order valence-corrected chi connectivity index (χ0v) is 25.7. The normalized spacial score (nSPS) is 11.0. The molecule has 2 heteroatoms. The van der Waals surface area contributed by atoms with E-state index < -0.39 is 0 Å². The van der Waals surface area contributed by atoms with Gasteiger partial charge in [-0.25, -0.2) is 0 Å². The Labute approximate surface area is 267 Å². The number of hydrogen-bond acceptors (Lipinski definition) is 2. The van der Waals surface area contributed by atoms with Crippen LogP contribution in [0.4, 0.5) is 0 Å². The van der Waals surface area contributed by atoms with Crippen molar-refractivity contribution in [2.24, 2.45) is 0 Å². The van der Waals surface area contributed by atoms with Gasteiger partial charge in [0.15, 0.2) is 0 Å². The van der Waals surface area contributed by atoms with Crippen molar-refractivity contribution in [2.45, 2.75) is 44.9 Å². The number of aromatic hydroxyl groups is 2. The van der Waals surface area contributed by atoms with Gasteiger partial charge in [0.1, 0.15) is 11.5 Å². The SMILES string of the molecule is Oc1c(-c2ccccc2)cc(CCCCCCCc2cc(-c3ccccc3)c(O)c(-c3ccccc3)c2)cc1-c1ccccc1. The fraction of sp³-hybridized carbons (Fsp3) is 0.163. The number of rotatable bonds is 12. The molecule has 0 atom stereocenters. The highest BCUT2D eigenvalue weighted by molar-refractivity contribution is 5.84. The quantitative estimate of drug-likeness (QED) is 0.140. The van der Waals surface area contributed by atoms with E-state index in [1.807, 2.05) is 72.8 Å². The summed E-state index contributed by atoms with van der Waals surface area (Å²) in [6.45, 7) is 0. The molecule has 0 aliphatic carbocycles. The topological polar surface area (TPSA) is 40.5 Å². The minimum atomic E-state index is 0.344. The predicted molar refractivity (Wildman–Crippen MR) is 188 cm³/mol. The maximum Gasteiger partial charge on any atom is 0.131 e. The second-order valence-electron chi connectivity index (χ2n) is 11.8. The van der Waals surface area contributed by atoms with Crippen LogP contribution in [0.15, 0.2) is 146 Å². The molecule has 6 aromatic rings. The van der Waals surface area contributed by atoms with Gasteiger partial charge in [0.2, 0.25) is 0 Å².